The second-order valence-electron chi connectivity index (χ2n) is 7.57. The molecule has 2 N–H and O–H groups in total. The minimum Gasteiger partial charge on any atom is -0.491 e. The van der Waals surface area contributed by atoms with E-state index in [1.165, 1.54) is 30.4 Å². The van der Waals surface area contributed by atoms with Crippen molar-refractivity contribution in [3.63, 3.8) is 0 Å². The Hall–Kier alpha value is -2.37. The molecule has 2 aromatic rings. The summed E-state index contributed by atoms with van der Waals surface area (Å²) in [6, 6.07) is 17.5. The predicted molar refractivity (Wildman–Crippen MR) is 108 cm³/mol. The SMILES string of the molecule is COC(=O)c1ccc(OC[C@H](O)C[NH+]2CCC(Cc3ccccc3)CC2)cc1. The van der Waals surface area contributed by atoms with Crippen LogP contribution in [0.4, 0.5) is 0 Å². The molecule has 2 aromatic carbocycles. The van der Waals surface area contributed by atoms with Gasteiger partial charge in [-0.1, -0.05) is 30.3 Å². The van der Waals surface area contributed by atoms with Gasteiger partial charge in [0.05, 0.1) is 25.8 Å². The number of ether oxygens (including phenoxy) is 2. The van der Waals surface area contributed by atoms with E-state index in [0.29, 0.717) is 17.9 Å². The van der Waals surface area contributed by atoms with Crippen molar-refractivity contribution in [2.24, 2.45) is 5.92 Å². The van der Waals surface area contributed by atoms with Crippen LogP contribution in [-0.2, 0) is 11.2 Å². The third kappa shape index (κ3) is 6.08. The highest BCUT2D eigenvalue weighted by molar-refractivity contribution is 5.89. The van der Waals surface area contributed by atoms with Crippen molar-refractivity contribution in [1.82, 2.24) is 0 Å². The molecule has 0 amide bonds. The minimum absolute atomic E-state index is 0.258. The van der Waals surface area contributed by atoms with Gasteiger partial charge in [-0.3, -0.25) is 0 Å². The Morgan fingerprint density at radius 2 is 1.79 bits per heavy atom. The first-order valence-corrected chi connectivity index (χ1v) is 10.0. The van der Waals surface area contributed by atoms with Crippen LogP contribution in [0.1, 0.15) is 28.8 Å². The molecule has 28 heavy (non-hydrogen) atoms. The van der Waals surface area contributed by atoms with Crippen LogP contribution in [0.25, 0.3) is 0 Å². The summed E-state index contributed by atoms with van der Waals surface area (Å²) in [6.45, 7) is 3.16. The van der Waals surface area contributed by atoms with Crippen LogP contribution < -0.4 is 9.64 Å². The van der Waals surface area contributed by atoms with Crippen LogP contribution in [-0.4, -0.2) is 50.5 Å². The van der Waals surface area contributed by atoms with Gasteiger partial charge in [0.2, 0.25) is 0 Å². The van der Waals surface area contributed by atoms with Crippen molar-refractivity contribution in [3.8, 4) is 5.75 Å². The first-order chi connectivity index (χ1) is 13.6. The largest absolute Gasteiger partial charge is 0.491 e. The number of rotatable bonds is 8. The molecule has 1 fully saturated rings. The van der Waals surface area contributed by atoms with Gasteiger partial charge in [0.15, 0.2) is 0 Å². The lowest BCUT2D eigenvalue weighted by Crippen LogP contribution is -3.14. The number of likely N-dealkylation sites (tertiary alicyclic amines) is 1. The van der Waals surface area contributed by atoms with Crippen molar-refractivity contribution in [2.75, 3.05) is 33.4 Å². The number of benzene rings is 2. The van der Waals surface area contributed by atoms with Crippen LogP contribution in [0.3, 0.4) is 0 Å². The summed E-state index contributed by atoms with van der Waals surface area (Å²) in [6.07, 6.45) is 3.06. The highest BCUT2D eigenvalue weighted by Gasteiger charge is 2.24. The summed E-state index contributed by atoms with van der Waals surface area (Å²) in [5.74, 6) is 1.02. The summed E-state index contributed by atoms with van der Waals surface area (Å²) >= 11 is 0. The zero-order chi connectivity index (χ0) is 19.8. The Balaban J connectivity index is 1.36. The van der Waals surface area contributed by atoms with E-state index in [4.69, 9.17) is 4.74 Å². The van der Waals surface area contributed by atoms with Crippen molar-refractivity contribution >= 4 is 5.97 Å². The quantitative estimate of drug-likeness (QED) is 0.681. The molecule has 0 aliphatic carbocycles. The average molecular weight is 384 g/mol. The van der Waals surface area contributed by atoms with Gasteiger partial charge >= 0.3 is 5.97 Å². The number of carbonyl (C=O) groups excluding carboxylic acids is 1. The Bertz CT molecular complexity index is 724. The second-order valence-corrected chi connectivity index (χ2v) is 7.57. The van der Waals surface area contributed by atoms with E-state index >= 15 is 0 Å². The molecule has 0 spiro atoms. The van der Waals surface area contributed by atoms with Crippen molar-refractivity contribution in [2.45, 2.75) is 25.4 Å². The topological polar surface area (TPSA) is 60.2 Å². The molecule has 0 aromatic heterocycles. The summed E-state index contributed by atoms with van der Waals surface area (Å²) < 4.78 is 10.3. The fourth-order valence-corrected chi connectivity index (χ4v) is 3.83. The maximum atomic E-state index is 11.4. The highest BCUT2D eigenvalue weighted by Crippen LogP contribution is 2.16. The molecule has 150 valence electrons. The molecule has 0 bridgehead atoms. The lowest BCUT2D eigenvalue weighted by Gasteiger charge is -2.30. The van der Waals surface area contributed by atoms with Crippen LogP contribution in [0.2, 0.25) is 0 Å². The molecule has 0 saturated carbocycles. The Morgan fingerprint density at radius 3 is 2.43 bits per heavy atom. The first kappa shape index (κ1) is 20.4. The van der Waals surface area contributed by atoms with E-state index in [2.05, 4.69) is 35.1 Å². The number of nitrogens with one attached hydrogen (secondary N) is 1. The molecular formula is C23H30NO4+. The monoisotopic (exact) mass is 384 g/mol. The smallest absolute Gasteiger partial charge is 0.337 e. The molecule has 1 atom stereocenters. The van der Waals surface area contributed by atoms with Gasteiger partial charge in [0.25, 0.3) is 0 Å². The first-order valence-electron chi connectivity index (χ1n) is 10.0. The van der Waals surface area contributed by atoms with Gasteiger partial charge in [-0.05, 0) is 55.0 Å². The number of hydrogen-bond donors (Lipinski definition) is 2. The molecule has 5 nitrogen and oxygen atoms in total. The van der Waals surface area contributed by atoms with E-state index in [-0.39, 0.29) is 12.6 Å². The summed E-state index contributed by atoms with van der Waals surface area (Å²) in [5, 5.41) is 10.3. The normalized spacial score (nSPS) is 20.4. The fraction of sp³-hybridized carbons (Fsp3) is 0.435. The van der Waals surface area contributed by atoms with Crippen LogP contribution >= 0.6 is 0 Å². The molecule has 3 rings (SSSR count). The van der Waals surface area contributed by atoms with E-state index in [1.54, 1.807) is 24.3 Å². The fourth-order valence-electron chi connectivity index (χ4n) is 3.83. The summed E-state index contributed by atoms with van der Waals surface area (Å²) in [4.78, 5) is 12.9. The minimum atomic E-state index is -0.499. The number of esters is 1. The number of hydrogen-bond acceptors (Lipinski definition) is 4. The molecule has 1 aliphatic heterocycles. The van der Waals surface area contributed by atoms with Crippen molar-refractivity contribution < 1.29 is 24.3 Å². The second kappa shape index (κ2) is 10.2. The van der Waals surface area contributed by atoms with Gasteiger partial charge in [-0.2, -0.15) is 0 Å². The lowest BCUT2D eigenvalue weighted by molar-refractivity contribution is -0.909. The number of piperidine rings is 1. The highest BCUT2D eigenvalue weighted by atomic mass is 16.5. The molecular weight excluding hydrogens is 354 g/mol. The molecule has 1 heterocycles. The van der Waals surface area contributed by atoms with Crippen LogP contribution in [0, 0.1) is 5.92 Å². The van der Waals surface area contributed by atoms with Gasteiger partial charge < -0.3 is 19.5 Å². The number of quaternary nitrogens is 1. The number of aliphatic hydroxyl groups excluding tert-OH is 1. The Labute approximate surface area is 166 Å². The molecule has 1 aliphatic rings. The molecule has 0 radical (unpaired) electrons. The lowest BCUT2D eigenvalue weighted by atomic mass is 9.90. The predicted octanol–water partition coefficient (Wildman–Crippen LogP) is 1.75. The standard InChI is InChI=1S/C23H29NO4/c1-27-23(26)20-7-9-22(10-8-20)28-17-21(25)16-24-13-11-19(12-14-24)15-18-5-3-2-4-6-18/h2-10,19,21,25H,11-17H2,1H3/p+1/t21-/m1/s1. The van der Waals surface area contributed by atoms with E-state index in [9.17, 15) is 9.90 Å². The van der Waals surface area contributed by atoms with E-state index < -0.39 is 6.10 Å². The maximum Gasteiger partial charge on any atom is 0.337 e. The molecule has 5 heteroatoms. The Kier molecular flexibility index (Phi) is 7.46. The molecule has 1 saturated heterocycles. The summed E-state index contributed by atoms with van der Waals surface area (Å²) in [7, 11) is 1.36. The van der Waals surface area contributed by atoms with Crippen LogP contribution in [0.15, 0.2) is 54.6 Å². The van der Waals surface area contributed by atoms with Gasteiger partial charge in [-0.25, -0.2) is 4.79 Å². The zero-order valence-electron chi connectivity index (χ0n) is 16.5. The van der Waals surface area contributed by atoms with Gasteiger partial charge in [0.1, 0.15) is 25.0 Å². The maximum absolute atomic E-state index is 11.4. The third-order valence-corrected chi connectivity index (χ3v) is 5.42. The Morgan fingerprint density at radius 1 is 1.11 bits per heavy atom. The van der Waals surface area contributed by atoms with Crippen molar-refractivity contribution in [1.29, 1.82) is 0 Å². The number of aliphatic hydroxyl groups is 1. The van der Waals surface area contributed by atoms with E-state index in [1.807, 2.05) is 0 Å². The number of methoxy groups -OCH3 is 1. The van der Waals surface area contributed by atoms with Gasteiger partial charge in [-0.15, -0.1) is 0 Å². The van der Waals surface area contributed by atoms with Crippen LogP contribution in [0.5, 0.6) is 5.75 Å². The average Bonchev–Trinajstić information content (AvgIpc) is 2.74. The number of carbonyl (C=O) groups is 1. The van der Waals surface area contributed by atoms with Gasteiger partial charge in [0, 0.05) is 0 Å². The third-order valence-electron chi connectivity index (χ3n) is 5.42. The van der Waals surface area contributed by atoms with Crippen molar-refractivity contribution in [3.05, 3.63) is 65.7 Å². The summed E-state index contributed by atoms with van der Waals surface area (Å²) in [5.41, 5.74) is 1.90. The zero-order valence-corrected chi connectivity index (χ0v) is 16.5. The molecule has 0 unspecified atom stereocenters. The van der Waals surface area contributed by atoms with E-state index in [0.717, 1.165) is 25.4 Å².